The van der Waals surface area contributed by atoms with Gasteiger partial charge in [-0.15, -0.1) is 0 Å². The minimum absolute atomic E-state index is 0.608. The normalized spacial score (nSPS) is 15.7. The average Bonchev–Trinajstić information content (AvgIpc) is 3.26. The monoisotopic (exact) mass is 491 g/mol. The van der Waals surface area contributed by atoms with Crippen LogP contribution in [0.3, 0.4) is 0 Å². The third-order valence-corrected chi connectivity index (χ3v) is 8.09. The lowest BCUT2D eigenvalue weighted by atomic mass is 10.0. The van der Waals surface area contributed by atoms with E-state index in [0.29, 0.717) is 12.2 Å². The van der Waals surface area contributed by atoms with Crippen molar-refractivity contribution in [2.24, 2.45) is 0 Å². The molecule has 0 aromatic carbocycles. The molecule has 0 fully saturated rings. The van der Waals surface area contributed by atoms with Gasteiger partial charge in [-0.3, -0.25) is 0 Å². The molecule has 0 aromatic heterocycles. The van der Waals surface area contributed by atoms with Crippen molar-refractivity contribution >= 4 is 0 Å². The first kappa shape index (κ1) is 32.4. The zero-order chi connectivity index (χ0) is 25.4. The number of hydrogen-bond donors (Lipinski definition) is 0. The molecule has 1 unspecified atom stereocenters. The highest BCUT2D eigenvalue weighted by atomic mass is 15.4. The lowest BCUT2D eigenvalue weighted by Gasteiger charge is -2.35. The van der Waals surface area contributed by atoms with E-state index < -0.39 is 0 Å². The van der Waals surface area contributed by atoms with Gasteiger partial charge >= 0.3 is 0 Å². The Balaban J connectivity index is 2.00. The van der Waals surface area contributed by atoms with Gasteiger partial charge < -0.3 is 9.80 Å². The van der Waals surface area contributed by atoms with E-state index in [1.807, 2.05) is 0 Å². The van der Waals surface area contributed by atoms with Crippen LogP contribution in [-0.2, 0) is 0 Å². The first-order chi connectivity index (χ1) is 17.2. The summed E-state index contributed by atoms with van der Waals surface area (Å²) in [6.07, 6.45) is 39.7. The Morgan fingerprint density at radius 3 is 1.26 bits per heavy atom. The molecule has 2 nitrogen and oxygen atoms in total. The molecule has 0 radical (unpaired) electrons. The Kier molecular flexibility index (Phi) is 21.9. The maximum Gasteiger partial charge on any atom is 0.101 e. The van der Waals surface area contributed by atoms with Gasteiger partial charge in [-0.2, -0.15) is 0 Å². The molecule has 0 bridgehead atoms. The fraction of sp³-hybridized carbons (Fsp3) is 0.939. The Bertz CT molecular complexity index is 458. The van der Waals surface area contributed by atoms with Crippen LogP contribution in [0.2, 0.25) is 0 Å². The fourth-order valence-corrected chi connectivity index (χ4v) is 5.71. The summed E-state index contributed by atoms with van der Waals surface area (Å²) in [5.41, 5.74) is 0. The number of nitrogens with zero attached hydrogens (tertiary/aromatic N) is 2. The minimum atomic E-state index is 0.608. The van der Waals surface area contributed by atoms with Crippen LogP contribution >= 0.6 is 0 Å². The molecule has 0 saturated carbocycles. The molecule has 2 heteroatoms. The third-order valence-electron chi connectivity index (χ3n) is 8.09. The van der Waals surface area contributed by atoms with Crippen molar-refractivity contribution in [1.82, 2.24) is 9.80 Å². The van der Waals surface area contributed by atoms with Crippen molar-refractivity contribution in [3.8, 4) is 0 Å². The van der Waals surface area contributed by atoms with Crippen molar-refractivity contribution in [3.05, 3.63) is 12.4 Å². The van der Waals surface area contributed by atoms with Crippen molar-refractivity contribution in [2.75, 3.05) is 6.54 Å². The molecule has 1 heterocycles. The third kappa shape index (κ3) is 17.4. The standard InChI is InChI=1S/C33H66N2/c1-5-7-9-11-13-14-15-16-17-18-19-20-21-22-24-26-28-33-34(30-31-35(33)32(3)4)29-27-25-23-12-10-8-6-2/h30-33H,5-29H2,1-4H3. The summed E-state index contributed by atoms with van der Waals surface area (Å²) >= 11 is 0. The van der Waals surface area contributed by atoms with Crippen LogP contribution in [0.5, 0.6) is 0 Å². The summed E-state index contributed by atoms with van der Waals surface area (Å²) in [6.45, 7) is 10.6. The van der Waals surface area contributed by atoms with E-state index in [2.05, 4.69) is 49.9 Å². The molecule has 0 aromatic rings. The van der Waals surface area contributed by atoms with Crippen molar-refractivity contribution in [3.63, 3.8) is 0 Å². The van der Waals surface area contributed by atoms with Gasteiger partial charge in [0.15, 0.2) is 0 Å². The quantitative estimate of drug-likeness (QED) is 0.111. The van der Waals surface area contributed by atoms with Crippen LogP contribution in [0.1, 0.15) is 182 Å². The van der Waals surface area contributed by atoms with Crippen LogP contribution in [0.15, 0.2) is 12.4 Å². The summed E-state index contributed by atoms with van der Waals surface area (Å²) < 4.78 is 0. The first-order valence-corrected chi connectivity index (χ1v) is 16.4. The average molecular weight is 491 g/mol. The second-order valence-electron chi connectivity index (χ2n) is 11.8. The van der Waals surface area contributed by atoms with Crippen molar-refractivity contribution < 1.29 is 0 Å². The molecule has 0 saturated heterocycles. The minimum Gasteiger partial charge on any atom is -0.356 e. The summed E-state index contributed by atoms with van der Waals surface area (Å²) in [5, 5.41) is 0. The maximum absolute atomic E-state index is 2.65. The predicted molar refractivity (Wildman–Crippen MR) is 159 cm³/mol. The Morgan fingerprint density at radius 2 is 0.857 bits per heavy atom. The van der Waals surface area contributed by atoms with Gasteiger partial charge in [-0.25, -0.2) is 0 Å². The summed E-state index contributed by atoms with van der Waals surface area (Å²) in [5.74, 6) is 0. The lowest BCUT2D eigenvalue weighted by molar-refractivity contribution is 0.114. The molecule has 1 aliphatic rings. The fourth-order valence-electron chi connectivity index (χ4n) is 5.71. The number of hydrogen-bond acceptors (Lipinski definition) is 2. The predicted octanol–water partition coefficient (Wildman–Crippen LogP) is 11.2. The molecule has 0 N–H and O–H groups in total. The van der Waals surface area contributed by atoms with Crippen LogP contribution < -0.4 is 0 Å². The van der Waals surface area contributed by atoms with E-state index in [1.54, 1.807) is 0 Å². The molecule has 208 valence electrons. The lowest BCUT2D eigenvalue weighted by Crippen LogP contribution is -2.42. The number of unbranched alkanes of at least 4 members (excludes halogenated alkanes) is 21. The van der Waals surface area contributed by atoms with E-state index in [4.69, 9.17) is 0 Å². The molecule has 1 aliphatic heterocycles. The highest BCUT2D eigenvalue weighted by molar-refractivity contribution is 4.98. The van der Waals surface area contributed by atoms with E-state index in [0.717, 1.165) is 0 Å². The molecular formula is C33H66N2. The van der Waals surface area contributed by atoms with Gasteiger partial charge in [0.1, 0.15) is 6.17 Å². The second-order valence-corrected chi connectivity index (χ2v) is 11.8. The Morgan fingerprint density at radius 1 is 0.486 bits per heavy atom. The molecular weight excluding hydrogens is 424 g/mol. The largest absolute Gasteiger partial charge is 0.356 e. The SMILES string of the molecule is CCCCCCCCCCCCCCCCCCC1N(CCCCCCCCC)C=CN1C(C)C. The van der Waals surface area contributed by atoms with Gasteiger partial charge in [0.2, 0.25) is 0 Å². The van der Waals surface area contributed by atoms with E-state index in [1.165, 1.54) is 161 Å². The molecule has 0 spiro atoms. The number of rotatable bonds is 26. The zero-order valence-electron chi connectivity index (χ0n) is 24.9. The maximum atomic E-state index is 2.65. The summed E-state index contributed by atoms with van der Waals surface area (Å²) in [4.78, 5) is 5.25. The molecule has 35 heavy (non-hydrogen) atoms. The highest BCUT2D eigenvalue weighted by Gasteiger charge is 2.26. The molecule has 0 amide bonds. The highest BCUT2D eigenvalue weighted by Crippen LogP contribution is 2.25. The van der Waals surface area contributed by atoms with Crippen LogP contribution in [-0.4, -0.2) is 28.6 Å². The van der Waals surface area contributed by atoms with Crippen molar-refractivity contribution in [2.45, 2.75) is 194 Å². The summed E-state index contributed by atoms with van der Waals surface area (Å²) in [7, 11) is 0. The van der Waals surface area contributed by atoms with E-state index in [9.17, 15) is 0 Å². The van der Waals surface area contributed by atoms with Gasteiger partial charge in [-0.05, 0) is 33.1 Å². The van der Waals surface area contributed by atoms with E-state index in [-0.39, 0.29) is 0 Å². The van der Waals surface area contributed by atoms with Gasteiger partial charge in [-0.1, -0.05) is 149 Å². The topological polar surface area (TPSA) is 6.48 Å². The Hall–Kier alpha value is -0.660. The second kappa shape index (κ2) is 23.7. The van der Waals surface area contributed by atoms with Gasteiger partial charge in [0.25, 0.3) is 0 Å². The van der Waals surface area contributed by atoms with Crippen molar-refractivity contribution in [1.29, 1.82) is 0 Å². The smallest absolute Gasteiger partial charge is 0.101 e. The van der Waals surface area contributed by atoms with Crippen LogP contribution in [0, 0.1) is 0 Å². The first-order valence-electron chi connectivity index (χ1n) is 16.4. The Labute approximate surface area is 222 Å². The summed E-state index contributed by atoms with van der Waals surface area (Å²) in [6, 6.07) is 0.608. The molecule has 1 rings (SSSR count). The van der Waals surface area contributed by atoms with Crippen LogP contribution in [0.4, 0.5) is 0 Å². The molecule has 0 aliphatic carbocycles. The van der Waals surface area contributed by atoms with Gasteiger partial charge in [0.05, 0.1) is 0 Å². The zero-order valence-corrected chi connectivity index (χ0v) is 24.9. The van der Waals surface area contributed by atoms with Crippen LogP contribution in [0.25, 0.3) is 0 Å². The molecule has 1 atom stereocenters. The van der Waals surface area contributed by atoms with E-state index >= 15 is 0 Å². The van der Waals surface area contributed by atoms with Gasteiger partial charge in [0, 0.05) is 25.0 Å².